The molecular weight excluding hydrogens is 320 g/mol. The summed E-state index contributed by atoms with van der Waals surface area (Å²) in [5.41, 5.74) is -0.315. The molecule has 1 saturated carbocycles. The van der Waals surface area contributed by atoms with E-state index in [2.05, 4.69) is 0 Å². The Morgan fingerprint density at radius 1 is 1.17 bits per heavy atom. The number of amides is 2. The minimum atomic E-state index is -1.28. The van der Waals surface area contributed by atoms with Gasteiger partial charge in [0.2, 0.25) is 11.8 Å². The van der Waals surface area contributed by atoms with Crippen molar-refractivity contribution in [2.24, 2.45) is 5.41 Å². The highest BCUT2D eigenvalue weighted by molar-refractivity contribution is 6.30. The first-order valence-electron chi connectivity index (χ1n) is 7.47. The van der Waals surface area contributed by atoms with Crippen molar-refractivity contribution in [1.29, 1.82) is 0 Å². The van der Waals surface area contributed by atoms with Crippen LogP contribution in [-0.4, -0.2) is 52.3 Å². The predicted molar refractivity (Wildman–Crippen MR) is 82.8 cm³/mol. The molecule has 0 bridgehead atoms. The van der Waals surface area contributed by atoms with Crippen molar-refractivity contribution in [3.05, 3.63) is 34.9 Å². The number of hydrogen-bond donors (Lipinski definition) is 1. The monoisotopic (exact) mass is 336 g/mol. The normalized spacial score (nSPS) is 19.6. The van der Waals surface area contributed by atoms with Crippen molar-refractivity contribution in [1.82, 2.24) is 9.80 Å². The molecular formula is C16H17ClN2O4. The zero-order valence-electron chi connectivity index (χ0n) is 12.5. The van der Waals surface area contributed by atoms with Crippen LogP contribution in [0.1, 0.15) is 18.4 Å². The number of benzene rings is 1. The summed E-state index contributed by atoms with van der Waals surface area (Å²) in [6, 6.07) is 7.25. The lowest BCUT2D eigenvalue weighted by Gasteiger charge is -2.35. The van der Waals surface area contributed by atoms with Crippen LogP contribution >= 0.6 is 11.6 Å². The van der Waals surface area contributed by atoms with Gasteiger partial charge in [0.05, 0.1) is 6.54 Å². The van der Waals surface area contributed by atoms with Crippen LogP contribution in [0.2, 0.25) is 5.02 Å². The highest BCUT2D eigenvalue weighted by atomic mass is 35.5. The zero-order valence-corrected chi connectivity index (χ0v) is 13.3. The van der Waals surface area contributed by atoms with E-state index in [4.69, 9.17) is 11.6 Å². The Morgan fingerprint density at radius 2 is 1.83 bits per heavy atom. The largest absolute Gasteiger partial charge is 0.480 e. The molecule has 1 aliphatic heterocycles. The Morgan fingerprint density at radius 3 is 2.35 bits per heavy atom. The average molecular weight is 337 g/mol. The molecule has 1 saturated heterocycles. The van der Waals surface area contributed by atoms with Crippen LogP contribution in [0, 0.1) is 5.41 Å². The highest BCUT2D eigenvalue weighted by Gasteiger charge is 2.59. The number of carbonyl (C=O) groups excluding carboxylic acids is 2. The summed E-state index contributed by atoms with van der Waals surface area (Å²) in [7, 11) is 0. The maximum atomic E-state index is 12.3. The molecule has 0 spiro atoms. The molecule has 1 N–H and O–H groups in total. The number of halogens is 1. The molecule has 1 aliphatic carbocycles. The topological polar surface area (TPSA) is 77.9 Å². The van der Waals surface area contributed by atoms with Gasteiger partial charge in [-0.3, -0.25) is 14.4 Å². The molecule has 2 aliphatic rings. The van der Waals surface area contributed by atoms with Gasteiger partial charge in [0, 0.05) is 24.7 Å². The van der Waals surface area contributed by atoms with Crippen LogP contribution in [0.15, 0.2) is 24.3 Å². The molecule has 1 aromatic rings. The molecule has 2 amide bonds. The molecule has 23 heavy (non-hydrogen) atoms. The Balaban J connectivity index is 1.61. The molecule has 122 valence electrons. The standard InChI is InChI=1S/C16H17ClN2O4/c17-12-3-1-11(2-4-12)9-18-7-8-19(10-13(18)20)14(21)16(5-6-16)15(22)23/h1-4H,5-10H2,(H,22,23). The number of aliphatic carboxylic acids is 1. The van der Waals surface area contributed by atoms with Gasteiger partial charge in [0.15, 0.2) is 0 Å². The molecule has 0 radical (unpaired) electrons. The summed E-state index contributed by atoms with van der Waals surface area (Å²) in [4.78, 5) is 38.9. The van der Waals surface area contributed by atoms with Gasteiger partial charge in [0.1, 0.15) is 5.41 Å². The van der Waals surface area contributed by atoms with E-state index in [0.717, 1.165) is 5.56 Å². The maximum Gasteiger partial charge on any atom is 0.319 e. The lowest BCUT2D eigenvalue weighted by molar-refractivity contribution is -0.157. The number of nitrogens with zero attached hydrogens (tertiary/aromatic N) is 2. The van der Waals surface area contributed by atoms with Gasteiger partial charge in [-0.1, -0.05) is 23.7 Å². The summed E-state index contributed by atoms with van der Waals surface area (Å²) in [6.07, 6.45) is 0.723. The van der Waals surface area contributed by atoms with Crippen LogP contribution in [0.25, 0.3) is 0 Å². The molecule has 0 unspecified atom stereocenters. The summed E-state index contributed by atoms with van der Waals surface area (Å²) < 4.78 is 0. The van der Waals surface area contributed by atoms with E-state index < -0.39 is 17.3 Å². The van der Waals surface area contributed by atoms with Crippen molar-refractivity contribution in [2.75, 3.05) is 19.6 Å². The first kappa shape index (κ1) is 15.8. The van der Waals surface area contributed by atoms with E-state index in [1.165, 1.54) is 4.90 Å². The van der Waals surface area contributed by atoms with Gasteiger partial charge < -0.3 is 14.9 Å². The third-order valence-corrected chi connectivity index (χ3v) is 4.71. The molecule has 0 aromatic heterocycles. The second-order valence-corrected chi connectivity index (χ2v) is 6.49. The van der Waals surface area contributed by atoms with Crippen LogP contribution in [-0.2, 0) is 20.9 Å². The zero-order chi connectivity index (χ0) is 16.6. The molecule has 3 rings (SSSR count). The minimum Gasteiger partial charge on any atom is -0.480 e. The molecule has 7 heteroatoms. The van der Waals surface area contributed by atoms with Crippen molar-refractivity contribution < 1.29 is 19.5 Å². The van der Waals surface area contributed by atoms with E-state index in [9.17, 15) is 19.5 Å². The van der Waals surface area contributed by atoms with E-state index in [1.807, 2.05) is 12.1 Å². The molecule has 1 aromatic carbocycles. The van der Waals surface area contributed by atoms with Crippen LogP contribution in [0.3, 0.4) is 0 Å². The lowest BCUT2D eigenvalue weighted by Crippen LogP contribution is -2.54. The molecule has 1 heterocycles. The predicted octanol–water partition coefficient (Wildman–Crippen LogP) is 1.38. The fourth-order valence-corrected chi connectivity index (χ4v) is 2.93. The Kier molecular flexibility index (Phi) is 4.02. The molecule has 0 atom stereocenters. The van der Waals surface area contributed by atoms with Gasteiger partial charge in [-0.05, 0) is 30.5 Å². The van der Waals surface area contributed by atoms with Gasteiger partial charge >= 0.3 is 5.97 Å². The van der Waals surface area contributed by atoms with Gasteiger partial charge in [-0.15, -0.1) is 0 Å². The maximum absolute atomic E-state index is 12.3. The SMILES string of the molecule is O=C1CN(C(=O)C2(C(=O)O)CC2)CCN1Cc1ccc(Cl)cc1. The Hall–Kier alpha value is -2.08. The van der Waals surface area contributed by atoms with Gasteiger partial charge in [0.25, 0.3) is 0 Å². The summed E-state index contributed by atoms with van der Waals surface area (Å²) in [6.45, 7) is 1.18. The third-order valence-electron chi connectivity index (χ3n) is 4.46. The Labute approximate surface area is 138 Å². The lowest BCUT2D eigenvalue weighted by atomic mass is 10.1. The Bertz CT molecular complexity index is 655. The second kappa shape index (κ2) is 5.85. The first-order valence-corrected chi connectivity index (χ1v) is 7.85. The van der Waals surface area contributed by atoms with Crippen molar-refractivity contribution in [2.45, 2.75) is 19.4 Å². The van der Waals surface area contributed by atoms with Gasteiger partial charge in [-0.2, -0.15) is 0 Å². The number of piperazine rings is 1. The quantitative estimate of drug-likeness (QED) is 0.842. The number of carboxylic acids is 1. The fraction of sp³-hybridized carbons (Fsp3) is 0.438. The minimum absolute atomic E-state index is 0.0541. The van der Waals surface area contributed by atoms with Crippen molar-refractivity contribution in [3.63, 3.8) is 0 Å². The first-order chi connectivity index (χ1) is 10.9. The summed E-state index contributed by atoms with van der Waals surface area (Å²) in [5, 5.41) is 9.82. The smallest absolute Gasteiger partial charge is 0.319 e. The van der Waals surface area contributed by atoms with E-state index in [0.29, 0.717) is 37.5 Å². The fourth-order valence-electron chi connectivity index (χ4n) is 2.81. The number of carbonyl (C=O) groups is 3. The van der Waals surface area contributed by atoms with Crippen molar-refractivity contribution in [3.8, 4) is 0 Å². The van der Waals surface area contributed by atoms with Crippen molar-refractivity contribution >= 4 is 29.4 Å². The summed E-state index contributed by atoms with van der Waals surface area (Å²) >= 11 is 5.84. The average Bonchev–Trinajstić information content (AvgIpc) is 3.32. The van der Waals surface area contributed by atoms with Crippen LogP contribution < -0.4 is 0 Å². The van der Waals surface area contributed by atoms with E-state index in [-0.39, 0.29) is 12.5 Å². The van der Waals surface area contributed by atoms with Gasteiger partial charge in [-0.25, -0.2) is 0 Å². The van der Waals surface area contributed by atoms with E-state index in [1.54, 1.807) is 17.0 Å². The van der Waals surface area contributed by atoms with Crippen LogP contribution in [0.4, 0.5) is 0 Å². The molecule has 6 nitrogen and oxygen atoms in total. The second-order valence-electron chi connectivity index (χ2n) is 6.06. The number of rotatable bonds is 4. The highest BCUT2D eigenvalue weighted by Crippen LogP contribution is 2.47. The number of hydrogen-bond acceptors (Lipinski definition) is 3. The van der Waals surface area contributed by atoms with Crippen LogP contribution in [0.5, 0.6) is 0 Å². The molecule has 2 fully saturated rings. The van der Waals surface area contributed by atoms with E-state index >= 15 is 0 Å². The summed E-state index contributed by atoms with van der Waals surface area (Å²) in [5.74, 6) is -1.68. The third kappa shape index (κ3) is 3.03. The number of carboxylic acid groups (broad SMARTS) is 1.